The second kappa shape index (κ2) is 8.16. The van der Waals surface area contributed by atoms with Gasteiger partial charge in [0.1, 0.15) is 21.4 Å². The van der Waals surface area contributed by atoms with Crippen LogP contribution in [-0.4, -0.2) is 21.6 Å². The zero-order valence-electron chi connectivity index (χ0n) is 15.5. The minimum absolute atomic E-state index is 0.0585. The van der Waals surface area contributed by atoms with Gasteiger partial charge in [0.05, 0.1) is 18.1 Å². The molecule has 142 valence electrons. The van der Waals surface area contributed by atoms with E-state index in [1.807, 2.05) is 44.2 Å². The molecule has 5 nitrogen and oxygen atoms in total. The van der Waals surface area contributed by atoms with Gasteiger partial charge in [0.2, 0.25) is 5.91 Å². The average molecular weight is 410 g/mol. The molecule has 0 saturated carbocycles. The van der Waals surface area contributed by atoms with Gasteiger partial charge < -0.3 is 9.73 Å². The van der Waals surface area contributed by atoms with Crippen LogP contribution in [0.5, 0.6) is 0 Å². The highest BCUT2D eigenvalue weighted by molar-refractivity contribution is 8.00. The van der Waals surface area contributed by atoms with Crippen LogP contribution in [0.4, 0.5) is 0 Å². The van der Waals surface area contributed by atoms with Gasteiger partial charge in [-0.3, -0.25) is 4.79 Å². The largest absolute Gasteiger partial charge is 0.467 e. The molecule has 4 rings (SSSR count). The number of rotatable bonds is 6. The summed E-state index contributed by atoms with van der Waals surface area (Å²) in [6.45, 7) is 3.78. The zero-order chi connectivity index (χ0) is 19.5. The summed E-state index contributed by atoms with van der Waals surface area (Å²) >= 11 is 3.08. The molecular formula is C21H19N3O2S2. The Morgan fingerprint density at radius 2 is 2.04 bits per heavy atom. The quantitative estimate of drug-likeness (QED) is 0.349. The van der Waals surface area contributed by atoms with E-state index in [9.17, 15) is 4.79 Å². The third-order valence-corrected chi connectivity index (χ3v) is 6.28. The van der Waals surface area contributed by atoms with E-state index in [0.29, 0.717) is 5.82 Å². The molecule has 3 aromatic heterocycles. The van der Waals surface area contributed by atoms with E-state index in [1.165, 1.54) is 11.8 Å². The Bertz CT molecular complexity index is 1090. The number of carbonyl (C=O) groups is 1. The van der Waals surface area contributed by atoms with Crippen LogP contribution < -0.4 is 5.32 Å². The Hall–Kier alpha value is -2.64. The van der Waals surface area contributed by atoms with E-state index in [4.69, 9.17) is 4.42 Å². The molecule has 0 spiro atoms. The maximum Gasteiger partial charge on any atom is 0.230 e. The van der Waals surface area contributed by atoms with Gasteiger partial charge in [-0.05, 0) is 37.6 Å². The maximum absolute atomic E-state index is 12.4. The van der Waals surface area contributed by atoms with Crippen LogP contribution in [-0.2, 0) is 4.79 Å². The molecule has 0 bridgehead atoms. The van der Waals surface area contributed by atoms with Crippen molar-refractivity contribution in [3.05, 3.63) is 66.4 Å². The van der Waals surface area contributed by atoms with Crippen LogP contribution >= 0.6 is 23.1 Å². The number of furan rings is 1. The van der Waals surface area contributed by atoms with Gasteiger partial charge in [-0.1, -0.05) is 42.1 Å². The molecule has 7 heteroatoms. The molecule has 1 aromatic carbocycles. The highest BCUT2D eigenvalue weighted by atomic mass is 32.2. The Kier molecular flexibility index (Phi) is 5.45. The predicted molar refractivity (Wildman–Crippen MR) is 114 cm³/mol. The summed E-state index contributed by atoms with van der Waals surface area (Å²) in [7, 11) is 0. The smallest absolute Gasteiger partial charge is 0.230 e. The minimum Gasteiger partial charge on any atom is -0.467 e. The lowest BCUT2D eigenvalue weighted by Crippen LogP contribution is -2.27. The number of carbonyl (C=O) groups excluding carboxylic acids is 1. The first kappa shape index (κ1) is 18.7. The molecule has 1 N–H and O–H groups in total. The predicted octanol–water partition coefficient (Wildman–Crippen LogP) is 5.23. The SMILES string of the molecule is Cc1nc(SCC(=O)NC(C)c2ccco2)c2cc(-c3ccccc3)sc2n1. The Labute approximate surface area is 171 Å². The molecule has 0 fully saturated rings. The molecule has 1 amide bonds. The van der Waals surface area contributed by atoms with E-state index < -0.39 is 0 Å². The minimum atomic E-state index is -0.166. The van der Waals surface area contributed by atoms with E-state index >= 15 is 0 Å². The lowest BCUT2D eigenvalue weighted by Gasteiger charge is -2.11. The van der Waals surface area contributed by atoms with Gasteiger partial charge in [0.15, 0.2) is 0 Å². The molecule has 0 aliphatic rings. The molecule has 0 saturated heterocycles. The van der Waals surface area contributed by atoms with Crippen molar-refractivity contribution >= 4 is 39.2 Å². The number of nitrogens with zero attached hydrogens (tertiary/aromatic N) is 2. The van der Waals surface area contributed by atoms with E-state index in [1.54, 1.807) is 17.6 Å². The van der Waals surface area contributed by atoms with Crippen LogP contribution in [0.25, 0.3) is 20.7 Å². The third kappa shape index (κ3) is 4.10. The number of amides is 1. The van der Waals surface area contributed by atoms with Crippen molar-refractivity contribution in [1.29, 1.82) is 0 Å². The van der Waals surface area contributed by atoms with Crippen LogP contribution in [0.1, 0.15) is 24.6 Å². The number of benzene rings is 1. The van der Waals surface area contributed by atoms with Crippen molar-refractivity contribution < 1.29 is 9.21 Å². The van der Waals surface area contributed by atoms with Gasteiger partial charge in [-0.15, -0.1) is 11.3 Å². The number of thiophene rings is 1. The Morgan fingerprint density at radius 1 is 1.21 bits per heavy atom. The zero-order valence-corrected chi connectivity index (χ0v) is 17.1. The molecular weight excluding hydrogens is 390 g/mol. The maximum atomic E-state index is 12.4. The van der Waals surface area contributed by atoms with Gasteiger partial charge >= 0.3 is 0 Å². The highest BCUT2D eigenvalue weighted by Crippen LogP contribution is 2.36. The summed E-state index contributed by atoms with van der Waals surface area (Å²) in [5.41, 5.74) is 1.16. The second-order valence-electron chi connectivity index (χ2n) is 6.36. The first-order chi connectivity index (χ1) is 13.6. The number of aromatic nitrogens is 2. The molecule has 1 unspecified atom stereocenters. The molecule has 3 heterocycles. The fourth-order valence-corrected chi connectivity index (χ4v) is 4.88. The lowest BCUT2D eigenvalue weighted by molar-refractivity contribution is -0.119. The number of hydrogen-bond donors (Lipinski definition) is 1. The van der Waals surface area contributed by atoms with Crippen molar-refractivity contribution in [3.8, 4) is 10.4 Å². The molecule has 0 aliphatic heterocycles. The second-order valence-corrected chi connectivity index (χ2v) is 8.36. The van der Waals surface area contributed by atoms with Gasteiger partial charge in [-0.2, -0.15) is 0 Å². The van der Waals surface area contributed by atoms with Gasteiger partial charge in [0, 0.05) is 10.3 Å². The summed E-state index contributed by atoms with van der Waals surface area (Å²) in [4.78, 5) is 23.6. The summed E-state index contributed by atoms with van der Waals surface area (Å²) in [5, 5.41) is 4.78. The fourth-order valence-electron chi connectivity index (χ4n) is 2.88. The number of hydrogen-bond acceptors (Lipinski definition) is 6. The number of fused-ring (bicyclic) bond motifs is 1. The third-order valence-electron chi connectivity index (χ3n) is 4.22. The van der Waals surface area contributed by atoms with Crippen molar-refractivity contribution in [2.45, 2.75) is 24.9 Å². The number of nitrogens with one attached hydrogen (secondary N) is 1. The molecule has 0 aliphatic carbocycles. The van der Waals surface area contributed by atoms with E-state index in [0.717, 1.165) is 31.4 Å². The summed E-state index contributed by atoms with van der Waals surface area (Å²) in [6, 6.07) is 15.8. The van der Waals surface area contributed by atoms with E-state index in [2.05, 4.69) is 33.5 Å². The first-order valence-corrected chi connectivity index (χ1v) is 10.7. The van der Waals surface area contributed by atoms with Crippen molar-refractivity contribution in [2.75, 3.05) is 5.75 Å². The monoisotopic (exact) mass is 409 g/mol. The van der Waals surface area contributed by atoms with Crippen molar-refractivity contribution in [2.24, 2.45) is 0 Å². The van der Waals surface area contributed by atoms with Crippen LogP contribution in [0.3, 0.4) is 0 Å². The Morgan fingerprint density at radius 3 is 2.79 bits per heavy atom. The standard InChI is InChI=1S/C21H19N3O2S2/c1-13(17-9-6-10-26-17)22-19(25)12-27-20-16-11-18(15-7-4-3-5-8-15)28-21(16)24-14(2)23-20/h3-11,13H,12H2,1-2H3,(H,22,25). The Balaban J connectivity index is 1.51. The van der Waals surface area contributed by atoms with Crippen molar-refractivity contribution in [1.82, 2.24) is 15.3 Å². The lowest BCUT2D eigenvalue weighted by atomic mass is 10.2. The normalized spacial score (nSPS) is 12.2. The van der Waals surface area contributed by atoms with Gasteiger partial charge in [0.25, 0.3) is 0 Å². The highest BCUT2D eigenvalue weighted by Gasteiger charge is 2.15. The topological polar surface area (TPSA) is 68.0 Å². The van der Waals surface area contributed by atoms with Crippen LogP contribution in [0, 0.1) is 6.92 Å². The number of aryl methyl sites for hydroxylation is 1. The van der Waals surface area contributed by atoms with Crippen LogP contribution in [0.2, 0.25) is 0 Å². The van der Waals surface area contributed by atoms with Crippen LogP contribution in [0.15, 0.2) is 64.2 Å². The van der Waals surface area contributed by atoms with Crippen molar-refractivity contribution in [3.63, 3.8) is 0 Å². The molecule has 28 heavy (non-hydrogen) atoms. The number of thioether (sulfide) groups is 1. The molecule has 4 aromatic rings. The fraction of sp³-hybridized carbons (Fsp3) is 0.190. The van der Waals surface area contributed by atoms with Gasteiger partial charge in [-0.25, -0.2) is 9.97 Å². The van der Waals surface area contributed by atoms with E-state index in [-0.39, 0.29) is 17.7 Å². The summed E-state index contributed by atoms with van der Waals surface area (Å²) < 4.78 is 5.34. The molecule has 0 radical (unpaired) electrons. The average Bonchev–Trinajstić information content (AvgIpc) is 3.36. The summed E-state index contributed by atoms with van der Waals surface area (Å²) in [6.07, 6.45) is 1.61. The summed E-state index contributed by atoms with van der Waals surface area (Å²) in [5.74, 6) is 1.68. The first-order valence-electron chi connectivity index (χ1n) is 8.89. The molecule has 1 atom stereocenters.